The zero-order valence-electron chi connectivity index (χ0n) is 11.1. The van der Waals surface area contributed by atoms with Crippen molar-refractivity contribution in [3.8, 4) is 0 Å². The van der Waals surface area contributed by atoms with Crippen LogP contribution in [0.5, 0.6) is 0 Å². The first-order valence-electron chi connectivity index (χ1n) is 6.14. The van der Waals surface area contributed by atoms with Gasteiger partial charge < -0.3 is 15.0 Å². The van der Waals surface area contributed by atoms with Gasteiger partial charge in [-0.25, -0.2) is 4.98 Å². The largest absolute Gasteiger partial charge is 0.383 e. The van der Waals surface area contributed by atoms with E-state index >= 15 is 0 Å². The van der Waals surface area contributed by atoms with Crippen molar-refractivity contribution in [2.45, 2.75) is 13.5 Å². The minimum atomic E-state index is 0.720. The second-order valence-corrected chi connectivity index (χ2v) is 4.91. The average molecular weight is 268 g/mol. The maximum Gasteiger partial charge on any atom is 0.195 e. The van der Waals surface area contributed by atoms with E-state index < -0.39 is 0 Å². The molecule has 100 valence electrons. The number of ether oxygens (including phenoxy) is 1. The molecule has 0 saturated carbocycles. The normalized spacial score (nSPS) is 11.3. The van der Waals surface area contributed by atoms with Crippen LogP contribution < -0.4 is 10.2 Å². The summed E-state index contributed by atoms with van der Waals surface area (Å²) in [6.07, 6.45) is 2.08. The molecule has 1 N–H and O–H groups in total. The van der Waals surface area contributed by atoms with E-state index in [9.17, 15) is 0 Å². The predicted octanol–water partition coefficient (Wildman–Crippen LogP) is 1.59. The number of likely N-dealkylation sites (N-methyl/N-ethyl adjacent to an activating group) is 1. The fraction of sp³-hybridized carbons (Fsp3) is 0.583. The summed E-state index contributed by atoms with van der Waals surface area (Å²) in [6.45, 7) is 5.49. The van der Waals surface area contributed by atoms with Gasteiger partial charge in [-0.15, -0.1) is 11.3 Å². The average Bonchev–Trinajstić information content (AvgIpc) is 2.94. The third-order valence-corrected chi connectivity index (χ3v) is 3.69. The van der Waals surface area contributed by atoms with E-state index in [0.29, 0.717) is 0 Å². The van der Waals surface area contributed by atoms with Gasteiger partial charge in [0.25, 0.3) is 0 Å². The SMILES string of the molecule is CCN(CCOC)c1nc2sccn2c1CNC. The molecule has 0 aliphatic carbocycles. The Morgan fingerprint density at radius 1 is 1.56 bits per heavy atom. The lowest BCUT2D eigenvalue weighted by atomic mass is 10.3. The quantitative estimate of drug-likeness (QED) is 0.828. The molecule has 0 atom stereocenters. The van der Waals surface area contributed by atoms with Gasteiger partial charge in [-0.3, -0.25) is 4.40 Å². The van der Waals surface area contributed by atoms with E-state index in [0.717, 1.165) is 37.0 Å². The number of nitrogens with zero attached hydrogens (tertiary/aromatic N) is 3. The topological polar surface area (TPSA) is 41.8 Å². The summed E-state index contributed by atoms with van der Waals surface area (Å²) in [5.74, 6) is 1.07. The van der Waals surface area contributed by atoms with E-state index in [4.69, 9.17) is 9.72 Å². The third kappa shape index (κ3) is 2.50. The van der Waals surface area contributed by atoms with Gasteiger partial charge in [-0.05, 0) is 14.0 Å². The molecule has 0 aliphatic heterocycles. The molecule has 2 aromatic rings. The Kier molecular flexibility index (Phi) is 4.57. The summed E-state index contributed by atoms with van der Waals surface area (Å²) < 4.78 is 7.32. The molecule has 0 aromatic carbocycles. The Labute approximate surface area is 111 Å². The van der Waals surface area contributed by atoms with Gasteiger partial charge in [0.1, 0.15) is 0 Å². The predicted molar refractivity (Wildman–Crippen MR) is 75.6 cm³/mol. The van der Waals surface area contributed by atoms with Crippen molar-refractivity contribution in [2.75, 3.05) is 38.8 Å². The standard InChI is InChI=1S/C12H20N4OS/c1-4-15(5-7-17-3)11-10(9-13-2)16-6-8-18-12(16)14-11/h6,8,13H,4-5,7,9H2,1-3H3. The molecule has 0 unspecified atom stereocenters. The van der Waals surface area contributed by atoms with Gasteiger partial charge in [-0.1, -0.05) is 0 Å². The minimum absolute atomic E-state index is 0.720. The molecule has 18 heavy (non-hydrogen) atoms. The van der Waals surface area contributed by atoms with E-state index in [1.165, 1.54) is 5.69 Å². The molecule has 0 spiro atoms. The van der Waals surface area contributed by atoms with E-state index in [2.05, 4.69) is 33.1 Å². The van der Waals surface area contributed by atoms with Crippen LogP contribution in [0.25, 0.3) is 4.96 Å². The van der Waals surface area contributed by atoms with Gasteiger partial charge in [0.15, 0.2) is 10.8 Å². The number of fused-ring (bicyclic) bond motifs is 1. The highest BCUT2D eigenvalue weighted by atomic mass is 32.1. The maximum atomic E-state index is 5.16. The molecule has 2 heterocycles. The summed E-state index contributed by atoms with van der Waals surface area (Å²) in [4.78, 5) is 8.03. The highest BCUT2D eigenvalue weighted by molar-refractivity contribution is 7.15. The van der Waals surface area contributed by atoms with Gasteiger partial charge in [0, 0.05) is 38.3 Å². The lowest BCUT2D eigenvalue weighted by Crippen LogP contribution is -2.28. The third-order valence-electron chi connectivity index (χ3n) is 2.93. The summed E-state index contributed by atoms with van der Waals surface area (Å²) in [6, 6.07) is 0. The first kappa shape index (κ1) is 13.3. The van der Waals surface area contributed by atoms with Crippen LogP contribution in [-0.2, 0) is 11.3 Å². The second kappa shape index (κ2) is 6.17. The molecule has 2 aromatic heterocycles. The number of thiazole rings is 1. The lowest BCUT2D eigenvalue weighted by molar-refractivity contribution is 0.205. The number of methoxy groups -OCH3 is 1. The van der Waals surface area contributed by atoms with Crippen LogP contribution in [0, 0.1) is 0 Å². The number of hydrogen-bond acceptors (Lipinski definition) is 5. The Balaban J connectivity index is 2.34. The van der Waals surface area contributed by atoms with Crippen LogP contribution in [-0.4, -0.2) is 43.2 Å². The van der Waals surface area contributed by atoms with E-state index in [1.807, 2.05) is 7.05 Å². The molecule has 0 fully saturated rings. The molecular weight excluding hydrogens is 248 g/mol. The minimum Gasteiger partial charge on any atom is -0.383 e. The maximum absolute atomic E-state index is 5.16. The van der Waals surface area contributed by atoms with Crippen LogP contribution in [0.3, 0.4) is 0 Å². The van der Waals surface area contributed by atoms with Crippen LogP contribution in [0.2, 0.25) is 0 Å². The lowest BCUT2D eigenvalue weighted by Gasteiger charge is -2.21. The van der Waals surface area contributed by atoms with Gasteiger partial charge >= 0.3 is 0 Å². The summed E-state index contributed by atoms with van der Waals surface area (Å²) in [5, 5.41) is 5.28. The van der Waals surface area contributed by atoms with Crippen molar-refractivity contribution < 1.29 is 4.74 Å². The van der Waals surface area contributed by atoms with Crippen molar-refractivity contribution in [3.05, 3.63) is 17.3 Å². The summed E-state index contributed by atoms with van der Waals surface area (Å²) >= 11 is 1.67. The summed E-state index contributed by atoms with van der Waals surface area (Å²) in [7, 11) is 3.69. The van der Waals surface area contributed by atoms with Gasteiger partial charge in [-0.2, -0.15) is 0 Å². The number of hydrogen-bond donors (Lipinski definition) is 1. The first-order chi connectivity index (χ1) is 8.81. The number of rotatable bonds is 7. The molecule has 0 saturated heterocycles. The highest BCUT2D eigenvalue weighted by Crippen LogP contribution is 2.24. The van der Waals surface area contributed by atoms with Crippen LogP contribution in [0.15, 0.2) is 11.6 Å². The highest BCUT2D eigenvalue weighted by Gasteiger charge is 2.17. The molecule has 0 radical (unpaired) electrons. The number of anilines is 1. The second-order valence-electron chi connectivity index (χ2n) is 4.04. The van der Waals surface area contributed by atoms with Crippen molar-refractivity contribution in [2.24, 2.45) is 0 Å². The Hall–Kier alpha value is -1.11. The molecule has 0 bridgehead atoms. The smallest absolute Gasteiger partial charge is 0.195 e. The molecule has 0 aliphatic rings. The molecule has 2 rings (SSSR count). The van der Waals surface area contributed by atoms with Gasteiger partial charge in [0.2, 0.25) is 0 Å². The first-order valence-corrected chi connectivity index (χ1v) is 7.02. The Bertz CT molecular complexity index is 493. The molecule has 5 nitrogen and oxygen atoms in total. The van der Waals surface area contributed by atoms with E-state index in [-0.39, 0.29) is 0 Å². The van der Waals surface area contributed by atoms with E-state index in [1.54, 1.807) is 18.4 Å². The number of imidazole rings is 1. The van der Waals surface area contributed by atoms with Crippen molar-refractivity contribution in [1.29, 1.82) is 0 Å². The van der Waals surface area contributed by atoms with Crippen LogP contribution in [0.1, 0.15) is 12.6 Å². The van der Waals surface area contributed by atoms with Crippen molar-refractivity contribution in [3.63, 3.8) is 0 Å². The molecule has 6 heteroatoms. The number of nitrogens with one attached hydrogen (secondary N) is 1. The fourth-order valence-electron chi connectivity index (χ4n) is 2.02. The van der Waals surface area contributed by atoms with Crippen molar-refractivity contribution in [1.82, 2.24) is 14.7 Å². The zero-order chi connectivity index (χ0) is 13.0. The summed E-state index contributed by atoms with van der Waals surface area (Å²) in [5.41, 5.74) is 1.21. The van der Waals surface area contributed by atoms with Crippen LogP contribution in [0.4, 0.5) is 5.82 Å². The number of aromatic nitrogens is 2. The zero-order valence-corrected chi connectivity index (χ0v) is 12.0. The van der Waals surface area contributed by atoms with Crippen molar-refractivity contribution >= 4 is 22.1 Å². The Morgan fingerprint density at radius 3 is 3.06 bits per heavy atom. The molecular formula is C12H20N4OS. The molecule has 0 amide bonds. The Morgan fingerprint density at radius 2 is 2.39 bits per heavy atom. The van der Waals surface area contributed by atoms with Crippen LogP contribution >= 0.6 is 11.3 Å². The van der Waals surface area contributed by atoms with Gasteiger partial charge in [0.05, 0.1) is 12.3 Å². The monoisotopic (exact) mass is 268 g/mol. The fourth-order valence-corrected chi connectivity index (χ4v) is 2.75.